The summed E-state index contributed by atoms with van der Waals surface area (Å²) in [6, 6.07) is 15.9. The van der Waals surface area contributed by atoms with Crippen LogP contribution in [0.25, 0.3) is 0 Å². The molecule has 2 aromatic rings. The fraction of sp³-hybridized carbons (Fsp3) is 0.333. The molecule has 0 unspecified atom stereocenters. The first-order valence-electron chi connectivity index (χ1n) is 8.76. The SMILES string of the molecule is CCc1ccc(/C=N\NC(=O)COc2ccc([C@H](C)CC)cc2)cc1. The second-order valence-electron chi connectivity index (χ2n) is 6.06. The Morgan fingerprint density at radius 3 is 2.40 bits per heavy atom. The number of rotatable bonds is 8. The van der Waals surface area contributed by atoms with Gasteiger partial charge in [0, 0.05) is 0 Å². The van der Waals surface area contributed by atoms with Crippen molar-refractivity contribution in [2.75, 3.05) is 6.61 Å². The molecule has 0 saturated carbocycles. The summed E-state index contributed by atoms with van der Waals surface area (Å²) < 4.78 is 5.48. The molecule has 4 heteroatoms. The molecule has 25 heavy (non-hydrogen) atoms. The third-order valence-corrected chi connectivity index (χ3v) is 4.22. The highest BCUT2D eigenvalue weighted by Crippen LogP contribution is 2.21. The lowest BCUT2D eigenvalue weighted by atomic mass is 9.99. The van der Waals surface area contributed by atoms with E-state index in [1.807, 2.05) is 36.4 Å². The van der Waals surface area contributed by atoms with E-state index in [4.69, 9.17) is 4.74 Å². The first-order valence-corrected chi connectivity index (χ1v) is 8.76. The summed E-state index contributed by atoms with van der Waals surface area (Å²) in [5, 5.41) is 3.95. The average molecular weight is 338 g/mol. The topological polar surface area (TPSA) is 50.7 Å². The molecule has 1 N–H and O–H groups in total. The number of hydrogen-bond donors (Lipinski definition) is 1. The molecule has 0 fully saturated rings. The second kappa shape index (κ2) is 9.62. The number of carbonyl (C=O) groups is 1. The Balaban J connectivity index is 1.77. The van der Waals surface area contributed by atoms with Crippen molar-refractivity contribution in [3.63, 3.8) is 0 Å². The summed E-state index contributed by atoms with van der Waals surface area (Å²) in [5.41, 5.74) is 5.97. The van der Waals surface area contributed by atoms with Gasteiger partial charge in [0.15, 0.2) is 6.61 Å². The van der Waals surface area contributed by atoms with E-state index in [9.17, 15) is 4.79 Å². The number of hydrazone groups is 1. The van der Waals surface area contributed by atoms with E-state index in [0.29, 0.717) is 11.7 Å². The molecule has 0 spiro atoms. The molecule has 1 amide bonds. The summed E-state index contributed by atoms with van der Waals surface area (Å²) in [4.78, 5) is 11.8. The molecule has 0 aromatic heterocycles. The smallest absolute Gasteiger partial charge is 0.277 e. The van der Waals surface area contributed by atoms with Crippen LogP contribution in [0.1, 0.15) is 49.8 Å². The number of benzene rings is 2. The number of carbonyl (C=O) groups excluding carboxylic acids is 1. The van der Waals surface area contributed by atoms with Crippen LogP contribution in [0.15, 0.2) is 53.6 Å². The zero-order valence-corrected chi connectivity index (χ0v) is 15.2. The number of nitrogens with zero attached hydrogens (tertiary/aromatic N) is 1. The van der Waals surface area contributed by atoms with Crippen molar-refractivity contribution in [1.29, 1.82) is 0 Å². The molecule has 0 radical (unpaired) electrons. The zero-order chi connectivity index (χ0) is 18.1. The predicted octanol–water partition coefficient (Wildman–Crippen LogP) is 4.29. The summed E-state index contributed by atoms with van der Waals surface area (Å²) in [5.74, 6) is 0.923. The summed E-state index contributed by atoms with van der Waals surface area (Å²) >= 11 is 0. The van der Waals surface area contributed by atoms with Crippen molar-refractivity contribution in [2.24, 2.45) is 5.10 Å². The van der Waals surface area contributed by atoms with Gasteiger partial charge in [-0.3, -0.25) is 4.79 Å². The minimum absolute atomic E-state index is 0.0607. The minimum atomic E-state index is -0.285. The average Bonchev–Trinajstić information content (AvgIpc) is 2.66. The van der Waals surface area contributed by atoms with Crippen molar-refractivity contribution in [3.8, 4) is 5.75 Å². The Bertz CT molecular complexity index is 691. The second-order valence-corrected chi connectivity index (χ2v) is 6.06. The molecule has 132 valence electrons. The van der Waals surface area contributed by atoms with Gasteiger partial charge >= 0.3 is 0 Å². The molecular formula is C21H26N2O2. The molecule has 4 nitrogen and oxygen atoms in total. The highest BCUT2D eigenvalue weighted by molar-refractivity contribution is 5.82. The fourth-order valence-electron chi connectivity index (χ4n) is 2.33. The molecule has 0 aliphatic heterocycles. The van der Waals surface area contributed by atoms with Gasteiger partial charge in [0.05, 0.1) is 6.21 Å². The number of aryl methyl sites for hydroxylation is 1. The lowest BCUT2D eigenvalue weighted by Gasteiger charge is -2.10. The van der Waals surface area contributed by atoms with Crippen LogP contribution in [0.5, 0.6) is 5.75 Å². The van der Waals surface area contributed by atoms with E-state index < -0.39 is 0 Å². The lowest BCUT2D eigenvalue weighted by molar-refractivity contribution is -0.123. The van der Waals surface area contributed by atoms with Crippen molar-refractivity contribution in [1.82, 2.24) is 5.43 Å². The Morgan fingerprint density at radius 2 is 1.80 bits per heavy atom. The third-order valence-electron chi connectivity index (χ3n) is 4.22. The van der Waals surface area contributed by atoms with Crippen LogP contribution in [0.2, 0.25) is 0 Å². The van der Waals surface area contributed by atoms with Crippen LogP contribution in [-0.4, -0.2) is 18.7 Å². The van der Waals surface area contributed by atoms with Crippen LogP contribution in [-0.2, 0) is 11.2 Å². The Kier molecular flexibility index (Phi) is 7.20. The molecule has 0 aliphatic carbocycles. The lowest BCUT2D eigenvalue weighted by Crippen LogP contribution is -2.24. The highest BCUT2D eigenvalue weighted by Gasteiger charge is 2.04. The van der Waals surface area contributed by atoms with E-state index in [0.717, 1.165) is 18.4 Å². The summed E-state index contributed by atoms with van der Waals surface area (Å²) in [7, 11) is 0. The van der Waals surface area contributed by atoms with Crippen LogP contribution < -0.4 is 10.2 Å². The van der Waals surface area contributed by atoms with Gasteiger partial charge in [0.2, 0.25) is 0 Å². The molecule has 1 atom stereocenters. The van der Waals surface area contributed by atoms with Crippen molar-refractivity contribution in [2.45, 2.75) is 39.5 Å². The van der Waals surface area contributed by atoms with Gasteiger partial charge in [-0.2, -0.15) is 5.10 Å². The number of nitrogens with one attached hydrogen (secondary N) is 1. The maximum atomic E-state index is 11.8. The maximum Gasteiger partial charge on any atom is 0.277 e. The van der Waals surface area contributed by atoms with Gasteiger partial charge in [0.25, 0.3) is 5.91 Å². The number of hydrogen-bond acceptors (Lipinski definition) is 3. The molecule has 0 saturated heterocycles. The van der Waals surface area contributed by atoms with Crippen LogP contribution in [0.3, 0.4) is 0 Å². The van der Waals surface area contributed by atoms with Gasteiger partial charge < -0.3 is 4.74 Å². The van der Waals surface area contributed by atoms with Crippen LogP contribution >= 0.6 is 0 Å². The van der Waals surface area contributed by atoms with E-state index in [1.165, 1.54) is 11.1 Å². The Hall–Kier alpha value is -2.62. The fourth-order valence-corrected chi connectivity index (χ4v) is 2.33. The minimum Gasteiger partial charge on any atom is -0.484 e. The van der Waals surface area contributed by atoms with Crippen molar-refractivity contribution >= 4 is 12.1 Å². The molecule has 0 bridgehead atoms. The third kappa shape index (κ3) is 6.07. The quantitative estimate of drug-likeness (QED) is 0.576. The van der Waals surface area contributed by atoms with Gasteiger partial charge in [-0.1, -0.05) is 57.2 Å². The molecule has 0 heterocycles. The summed E-state index contributed by atoms with van der Waals surface area (Å²) in [6.45, 7) is 6.41. The van der Waals surface area contributed by atoms with Crippen molar-refractivity contribution < 1.29 is 9.53 Å². The predicted molar refractivity (Wildman–Crippen MR) is 102 cm³/mol. The zero-order valence-electron chi connectivity index (χ0n) is 15.2. The standard InChI is InChI=1S/C21H26N2O2/c1-4-16(3)19-10-12-20(13-11-19)25-15-21(24)23-22-14-18-8-6-17(5-2)7-9-18/h6-14,16H,4-5,15H2,1-3H3,(H,23,24)/b22-14-/t16-/m1/s1. The van der Waals surface area contributed by atoms with Gasteiger partial charge in [-0.05, 0) is 47.6 Å². The van der Waals surface area contributed by atoms with E-state index in [1.54, 1.807) is 6.21 Å². The molecule has 2 rings (SSSR count). The first kappa shape index (κ1) is 18.7. The largest absolute Gasteiger partial charge is 0.484 e. The number of amides is 1. The highest BCUT2D eigenvalue weighted by atomic mass is 16.5. The van der Waals surface area contributed by atoms with Crippen LogP contribution in [0, 0.1) is 0 Å². The Labute approximate surface area is 149 Å². The van der Waals surface area contributed by atoms with Gasteiger partial charge in [-0.25, -0.2) is 5.43 Å². The molecule has 0 aliphatic rings. The van der Waals surface area contributed by atoms with Gasteiger partial charge in [-0.15, -0.1) is 0 Å². The van der Waals surface area contributed by atoms with Crippen molar-refractivity contribution in [3.05, 3.63) is 65.2 Å². The summed E-state index contributed by atoms with van der Waals surface area (Å²) in [6.07, 6.45) is 3.73. The molecule has 2 aromatic carbocycles. The van der Waals surface area contributed by atoms with E-state index in [2.05, 4.69) is 43.4 Å². The van der Waals surface area contributed by atoms with E-state index >= 15 is 0 Å². The van der Waals surface area contributed by atoms with Gasteiger partial charge in [0.1, 0.15) is 5.75 Å². The normalized spacial score (nSPS) is 12.1. The van der Waals surface area contributed by atoms with E-state index in [-0.39, 0.29) is 12.5 Å². The molecular weight excluding hydrogens is 312 g/mol. The first-order chi connectivity index (χ1) is 12.1. The monoisotopic (exact) mass is 338 g/mol. The maximum absolute atomic E-state index is 11.8. The van der Waals surface area contributed by atoms with Crippen LogP contribution in [0.4, 0.5) is 0 Å². The number of ether oxygens (including phenoxy) is 1. The Morgan fingerprint density at radius 1 is 1.12 bits per heavy atom.